The number of hydrogen-bond donors (Lipinski definition) is 3. The summed E-state index contributed by atoms with van der Waals surface area (Å²) in [5.41, 5.74) is -2.20. The number of ether oxygens (including phenoxy) is 1. The molecule has 0 amide bonds. The Labute approximate surface area is 141 Å². The van der Waals surface area contributed by atoms with Crippen LogP contribution in [0.25, 0.3) is 0 Å². The number of hydrogen-bond acceptors (Lipinski definition) is 7. The first kappa shape index (κ1) is 19.7. The van der Waals surface area contributed by atoms with Crippen molar-refractivity contribution in [3.8, 4) is 5.75 Å². The first-order chi connectivity index (χ1) is 11.5. The smallest absolute Gasteiger partial charge is 0.342 e. The Balaban J connectivity index is 3.92. The van der Waals surface area contributed by atoms with Crippen molar-refractivity contribution in [1.29, 1.82) is 0 Å². The molecule has 1 rings (SSSR count). The standard InChI is InChI=1S/C14H16N2O9/c1-6(12(17)18)15(7(2)13(19)20)11-9(25-3)5-4-8(14(21)22)10(11)16(23)24/h4-7H,1-3H3,(H,17,18)(H,19,20)(H,21,22). The van der Waals surface area contributed by atoms with Gasteiger partial charge in [-0.15, -0.1) is 0 Å². The van der Waals surface area contributed by atoms with E-state index < -0.39 is 51.9 Å². The van der Waals surface area contributed by atoms with E-state index >= 15 is 0 Å². The molecule has 0 saturated heterocycles. The van der Waals surface area contributed by atoms with E-state index in [1.807, 2.05) is 0 Å². The van der Waals surface area contributed by atoms with Gasteiger partial charge in [0.05, 0.1) is 12.0 Å². The van der Waals surface area contributed by atoms with Crippen molar-refractivity contribution >= 4 is 29.3 Å². The maximum atomic E-state index is 11.5. The number of nitrogens with zero attached hydrogens (tertiary/aromatic N) is 2. The third-order valence-corrected chi connectivity index (χ3v) is 3.55. The Hall–Kier alpha value is -3.37. The van der Waals surface area contributed by atoms with E-state index in [1.165, 1.54) is 0 Å². The zero-order chi connectivity index (χ0) is 19.5. The minimum absolute atomic E-state index is 0.224. The lowest BCUT2D eigenvalue weighted by Crippen LogP contribution is -2.48. The average molecular weight is 356 g/mol. The van der Waals surface area contributed by atoms with Crippen LogP contribution in [0, 0.1) is 10.1 Å². The highest BCUT2D eigenvalue weighted by Crippen LogP contribution is 2.42. The van der Waals surface area contributed by atoms with E-state index in [0.29, 0.717) is 0 Å². The predicted octanol–water partition coefficient (Wildman–Crippen LogP) is 1.05. The van der Waals surface area contributed by atoms with Crippen LogP contribution in [-0.4, -0.2) is 57.3 Å². The van der Waals surface area contributed by atoms with Crippen LogP contribution in [0.4, 0.5) is 11.4 Å². The number of nitro benzene ring substituents is 1. The van der Waals surface area contributed by atoms with Gasteiger partial charge in [-0.1, -0.05) is 0 Å². The van der Waals surface area contributed by atoms with Gasteiger partial charge < -0.3 is 25.0 Å². The first-order valence-corrected chi connectivity index (χ1v) is 6.87. The predicted molar refractivity (Wildman–Crippen MR) is 83.3 cm³/mol. The summed E-state index contributed by atoms with van der Waals surface area (Å²) in [7, 11) is 1.14. The van der Waals surface area contributed by atoms with Crippen molar-refractivity contribution in [1.82, 2.24) is 0 Å². The summed E-state index contributed by atoms with van der Waals surface area (Å²) in [4.78, 5) is 45.3. The normalized spacial score (nSPS) is 12.8. The molecule has 0 aliphatic carbocycles. The number of nitro groups is 1. The first-order valence-electron chi connectivity index (χ1n) is 6.87. The molecule has 1 aromatic rings. The van der Waals surface area contributed by atoms with Gasteiger partial charge in [-0.25, -0.2) is 14.4 Å². The summed E-state index contributed by atoms with van der Waals surface area (Å²) in [5.74, 6) is -4.75. The van der Waals surface area contributed by atoms with Crippen LogP contribution in [0.15, 0.2) is 12.1 Å². The van der Waals surface area contributed by atoms with Crippen molar-refractivity contribution < 1.29 is 39.4 Å². The van der Waals surface area contributed by atoms with Crippen molar-refractivity contribution in [2.45, 2.75) is 25.9 Å². The Morgan fingerprint density at radius 3 is 1.92 bits per heavy atom. The number of carboxylic acid groups (broad SMARTS) is 3. The van der Waals surface area contributed by atoms with Crippen LogP contribution in [0.3, 0.4) is 0 Å². The van der Waals surface area contributed by atoms with E-state index in [4.69, 9.17) is 4.74 Å². The average Bonchev–Trinajstić information content (AvgIpc) is 2.53. The number of benzene rings is 1. The summed E-state index contributed by atoms with van der Waals surface area (Å²) in [6.07, 6.45) is 0. The highest BCUT2D eigenvalue weighted by molar-refractivity contribution is 5.98. The quantitative estimate of drug-likeness (QED) is 0.452. The zero-order valence-corrected chi connectivity index (χ0v) is 13.5. The van der Waals surface area contributed by atoms with Gasteiger partial charge in [0.15, 0.2) is 5.69 Å². The lowest BCUT2D eigenvalue weighted by Gasteiger charge is -2.32. The molecular weight excluding hydrogens is 340 g/mol. The number of methoxy groups -OCH3 is 1. The van der Waals surface area contributed by atoms with Gasteiger partial charge in [-0.3, -0.25) is 10.1 Å². The van der Waals surface area contributed by atoms with Gasteiger partial charge in [0.2, 0.25) is 0 Å². The van der Waals surface area contributed by atoms with Crippen LogP contribution in [0.1, 0.15) is 24.2 Å². The molecule has 0 heterocycles. The highest BCUT2D eigenvalue weighted by Gasteiger charge is 2.39. The molecule has 0 radical (unpaired) electrons. The van der Waals surface area contributed by atoms with Crippen molar-refractivity contribution in [2.24, 2.45) is 0 Å². The van der Waals surface area contributed by atoms with Crippen LogP contribution in [0.2, 0.25) is 0 Å². The second-order valence-electron chi connectivity index (χ2n) is 5.01. The van der Waals surface area contributed by atoms with Gasteiger partial charge in [0.25, 0.3) is 0 Å². The summed E-state index contributed by atoms with van der Waals surface area (Å²) in [6.45, 7) is 2.25. The Morgan fingerprint density at radius 1 is 1.12 bits per heavy atom. The maximum Gasteiger partial charge on any atom is 0.342 e. The van der Waals surface area contributed by atoms with Gasteiger partial charge in [-0.05, 0) is 26.0 Å². The third-order valence-electron chi connectivity index (χ3n) is 3.55. The summed E-state index contributed by atoms with van der Waals surface area (Å²) < 4.78 is 4.99. The van der Waals surface area contributed by atoms with Crippen LogP contribution in [-0.2, 0) is 9.59 Å². The molecular formula is C14H16N2O9. The van der Waals surface area contributed by atoms with Crippen LogP contribution in [0.5, 0.6) is 5.75 Å². The van der Waals surface area contributed by atoms with Crippen LogP contribution < -0.4 is 9.64 Å². The van der Waals surface area contributed by atoms with Gasteiger partial charge in [-0.2, -0.15) is 0 Å². The van der Waals surface area contributed by atoms with E-state index in [1.54, 1.807) is 0 Å². The zero-order valence-electron chi connectivity index (χ0n) is 13.5. The number of anilines is 1. The molecule has 0 aromatic heterocycles. The van der Waals surface area contributed by atoms with E-state index in [-0.39, 0.29) is 5.75 Å². The lowest BCUT2D eigenvalue weighted by atomic mass is 10.1. The summed E-state index contributed by atoms with van der Waals surface area (Å²) in [5, 5.41) is 39.2. The summed E-state index contributed by atoms with van der Waals surface area (Å²) >= 11 is 0. The van der Waals surface area contributed by atoms with Gasteiger partial charge in [0.1, 0.15) is 23.4 Å². The topological polar surface area (TPSA) is 168 Å². The van der Waals surface area contributed by atoms with Crippen molar-refractivity contribution in [2.75, 3.05) is 12.0 Å². The van der Waals surface area contributed by atoms with E-state index in [9.17, 15) is 39.8 Å². The van der Waals surface area contributed by atoms with Crippen LogP contribution >= 0.6 is 0 Å². The number of rotatable bonds is 8. The van der Waals surface area contributed by atoms with Crippen molar-refractivity contribution in [3.05, 3.63) is 27.8 Å². The molecule has 2 unspecified atom stereocenters. The molecule has 136 valence electrons. The molecule has 25 heavy (non-hydrogen) atoms. The molecule has 0 spiro atoms. The third kappa shape index (κ3) is 3.76. The number of carbonyl (C=O) groups is 3. The molecule has 0 saturated carbocycles. The van der Waals surface area contributed by atoms with Gasteiger partial charge in [0, 0.05) is 0 Å². The van der Waals surface area contributed by atoms with Crippen molar-refractivity contribution in [3.63, 3.8) is 0 Å². The number of carboxylic acids is 3. The van der Waals surface area contributed by atoms with E-state index in [2.05, 4.69) is 0 Å². The number of aromatic carboxylic acids is 1. The SMILES string of the molecule is COc1ccc(C(=O)O)c([N+](=O)[O-])c1N(C(C)C(=O)O)C(C)C(=O)O. The fourth-order valence-corrected chi connectivity index (χ4v) is 2.29. The minimum Gasteiger partial charge on any atom is -0.494 e. The molecule has 0 aliphatic rings. The molecule has 2 atom stereocenters. The second-order valence-corrected chi connectivity index (χ2v) is 5.01. The maximum absolute atomic E-state index is 11.5. The number of aliphatic carboxylic acids is 2. The lowest BCUT2D eigenvalue weighted by molar-refractivity contribution is -0.384. The molecule has 1 aromatic carbocycles. The molecule has 11 heteroatoms. The molecule has 0 fully saturated rings. The van der Waals surface area contributed by atoms with E-state index in [0.717, 1.165) is 38.0 Å². The van der Waals surface area contributed by atoms with Gasteiger partial charge >= 0.3 is 23.6 Å². The molecule has 0 aliphatic heterocycles. The molecule has 3 N–H and O–H groups in total. The largest absolute Gasteiger partial charge is 0.494 e. The monoisotopic (exact) mass is 356 g/mol. The Kier molecular flexibility index (Phi) is 5.88. The fraction of sp³-hybridized carbons (Fsp3) is 0.357. The molecule has 11 nitrogen and oxygen atoms in total. The molecule has 0 bridgehead atoms. The summed E-state index contributed by atoms with van der Waals surface area (Å²) in [6, 6.07) is -0.995. The minimum atomic E-state index is -1.62. The highest BCUT2D eigenvalue weighted by atomic mass is 16.6. The second kappa shape index (κ2) is 7.47. The fourth-order valence-electron chi connectivity index (χ4n) is 2.29. The Bertz CT molecular complexity index is 711. The Morgan fingerprint density at radius 2 is 1.60 bits per heavy atom.